The van der Waals surface area contributed by atoms with Crippen molar-refractivity contribution in [2.75, 3.05) is 4.90 Å². The van der Waals surface area contributed by atoms with Crippen molar-refractivity contribution in [2.45, 2.75) is 0 Å². The van der Waals surface area contributed by atoms with Gasteiger partial charge in [-0.1, -0.05) is 200 Å². The largest absolute Gasteiger partial charge is 0.310 e. The highest BCUT2D eigenvalue weighted by Crippen LogP contribution is 2.45. The Kier molecular flexibility index (Phi) is 6.34. The molecular weight excluding hydrogens is 687 g/mol. The molecule has 57 heavy (non-hydrogen) atoms. The lowest BCUT2D eigenvalue weighted by Gasteiger charge is -2.29. The molecule has 0 N–H and O–H groups in total. The summed E-state index contributed by atoms with van der Waals surface area (Å²) in [4.78, 5) is 1.06. The molecule has 0 radical (unpaired) electrons. The molecule has 10 aromatic carbocycles. The van der Waals surface area contributed by atoms with Gasteiger partial charge in [0.05, 0.1) is 20.8 Å². The van der Waals surface area contributed by atoms with Crippen LogP contribution in [0.5, 0.6) is 0 Å². The Bertz CT molecular complexity index is 3570. The van der Waals surface area contributed by atoms with Gasteiger partial charge in [-0.25, -0.2) is 0 Å². The van der Waals surface area contributed by atoms with Gasteiger partial charge in [-0.05, 0) is 108 Å². The van der Waals surface area contributed by atoms with Crippen LogP contribution in [0.1, 0.15) is 15.1 Å². The molecule has 0 unspecified atom stereocenters. The zero-order valence-electron chi connectivity index (χ0n) is 41.6. The molecule has 0 heterocycles. The average Bonchev–Trinajstić information content (AvgIpc) is 3.37. The van der Waals surface area contributed by atoms with E-state index in [1.165, 1.54) is 0 Å². The van der Waals surface area contributed by atoms with Crippen LogP contribution in [0, 0.1) is 0 Å². The molecule has 1 heteroatoms. The number of benzene rings is 10. The summed E-state index contributed by atoms with van der Waals surface area (Å²) in [6, 6.07) is 45.6. The summed E-state index contributed by atoms with van der Waals surface area (Å²) >= 11 is 0. The molecule has 0 atom stereocenters. The Hall–Kier alpha value is -7.48. The number of hydrogen-bond donors (Lipinski definition) is 0. The summed E-state index contributed by atoms with van der Waals surface area (Å²) in [5, 5.41) is 2.98. The lowest BCUT2D eigenvalue weighted by atomic mass is 9.89. The van der Waals surface area contributed by atoms with Crippen LogP contribution in [-0.4, -0.2) is 0 Å². The second kappa shape index (κ2) is 15.0. The third-order valence-corrected chi connectivity index (χ3v) is 10.1. The Morgan fingerprint density at radius 3 is 1.44 bits per heavy atom. The topological polar surface area (TPSA) is 3.24 Å². The van der Waals surface area contributed by atoms with E-state index in [9.17, 15) is 15.1 Å². The van der Waals surface area contributed by atoms with Gasteiger partial charge in [0.2, 0.25) is 0 Å². The lowest BCUT2D eigenvalue weighted by molar-refractivity contribution is 1.28. The minimum atomic E-state index is -0.605. The highest BCUT2D eigenvalue weighted by Gasteiger charge is 2.20. The van der Waals surface area contributed by atoms with E-state index in [1.54, 1.807) is 72.8 Å². The van der Waals surface area contributed by atoms with Crippen LogP contribution in [0.4, 0.5) is 17.1 Å². The molecule has 1 nitrogen and oxygen atoms in total. The Labute approximate surface area is 349 Å². The summed E-state index contributed by atoms with van der Waals surface area (Å²) in [6.07, 6.45) is 0. The van der Waals surface area contributed by atoms with Crippen LogP contribution in [0.2, 0.25) is 0 Å². The highest BCUT2D eigenvalue weighted by molar-refractivity contribution is 6.04. The van der Waals surface area contributed by atoms with Gasteiger partial charge in [-0.2, -0.15) is 0 Å². The molecule has 0 aliphatic heterocycles. The molecule has 10 aromatic rings. The summed E-state index contributed by atoms with van der Waals surface area (Å²) in [5.74, 6) is 0. The normalized spacial score (nSPS) is 13.9. The smallest absolute Gasteiger partial charge is 0.0645 e. The molecule has 0 aliphatic carbocycles. The Morgan fingerprint density at radius 1 is 0.298 bits per heavy atom. The van der Waals surface area contributed by atoms with E-state index in [2.05, 4.69) is 0 Å². The van der Waals surface area contributed by atoms with Crippen LogP contribution < -0.4 is 4.90 Å². The predicted molar refractivity (Wildman–Crippen MR) is 243 cm³/mol. The van der Waals surface area contributed by atoms with Crippen molar-refractivity contribution < 1.29 is 15.1 Å². The minimum Gasteiger partial charge on any atom is -0.310 e. The molecule has 0 bridgehead atoms. The van der Waals surface area contributed by atoms with Crippen molar-refractivity contribution in [3.8, 4) is 55.6 Å². The van der Waals surface area contributed by atoms with Crippen LogP contribution in [0.25, 0.3) is 77.2 Å². The zero-order valence-corrected chi connectivity index (χ0v) is 30.6. The van der Waals surface area contributed by atoms with Crippen molar-refractivity contribution >= 4 is 38.6 Å². The monoisotopic (exact) mass is 736 g/mol. The van der Waals surface area contributed by atoms with E-state index in [4.69, 9.17) is 0 Å². The quantitative estimate of drug-likeness (QED) is 0.150. The fourth-order valence-corrected chi connectivity index (χ4v) is 7.40. The molecular formula is C56H39N. The molecule has 0 fully saturated rings. The summed E-state index contributed by atoms with van der Waals surface area (Å²) in [6.45, 7) is 0. The van der Waals surface area contributed by atoms with Gasteiger partial charge in [0.1, 0.15) is 0 Å². The fourth-order valence-electron chi connectivity index (χ4n) is 7.40. The number of fused-ring (bicyclic) bond motifs is 2. The molecule has 0 spiro atoms. The summed E-state index contributed by atoms with van der Waals surface area (Å²) in [7, 11) is 0. The van der Waals surface area contributed by atoms with E-state index in [0.717, 1.165) is 21.2 Å². The van der Waals surface area contributed by atoms with Crippen molar-refractivity contribution in [1.29, 1.82) is 0 Å². The van der Waals surface area contributed by atoms with E-state index < -0.39 is 71.8 Å². The van der Waals surface area contributed by atoms with Crippen LogP contribution in [0.3, 0.4) is 0 Å². The second-order valence-electron chi connectivity index (χ2n) is 13.6. The minimum absolute atomic E-state index is 0.00373. The summed E-state index contributed by atoms with van der Waals surface area (Å²) in [5.41, 5.74) is 2.09. The molecule has 10 rings (SSSR count). The van der Waals surface area contributed by atoms with Crippen LogP contribution >= 0.6 is 0 Å². The third kappa shape index (κ3) is 6.56. The first-order valence-electron chi connectivity index (χ1n) is 24.2. The van der Waals surface area contributed by atoms with Gasteiger partial charge < -0.3 is 4.90 Å². The maximum atomic E-state index is 9.98. The molecule has 268 valence electrons. The maximum Gasteiger partial charge on any atom is 0.0645 e. The van der Waals surface area contributed by atoms with E-state index in [0.29, 0.717) is 38.6 Å². The van der Waals surface area contributed by atoms with Crippen molar-refractivity contribution in [3.05, 3.63) is 236 Å². The number of rotatable bonds is 8. The first-order chi connectivity index (χ1) is 32.9. The number of hydrogen-bond acceptors (Lipinski definition) is 1. The van der Waals surface area contributed by atoms with Gasteiger partial charge in [0.25, 0.3) is 0 Å². The van der Waals surface area contributed by atoms with Crippen LogP contribution in [-0.2, 0) is 0 Å². The molecule has 0 aromatic heterocycles. The van der Waals surface area contributed by atoms with Crippen molar-refractivity contribution in [2.24, 2.45) is 0 Å². The third-order valence-electron chi connectivity index (χ3n) is 10.1. The standard InChI is InChI=1S/C56H39N/c1-4-15-40(16-5-1)47-32-38-55(54(39-47)43-19-8-3-9-20-43)57(48-33-27-45(28-34-48)51-26-14-23-41-21-10-12-24-50(41)51)49-35-29-46(30-36-49)56-52-25-13-11-22-44(52)31-37-53(56)42-17-6-2-7-18-42/h1-39H/i27D,28D,29D,30D,32D,33D,34D,35D,36D,38D,39D. The number of nitrogens with zero attached hydrogens (tertiary/aromatic N) is 1. The van der Waals surface area contributed by atoms with E-state index in [1.807, 2.05) is 97.1 Å². The first kappa shape index (κ1) is 24.1. The Balaban J connectivity index is 1.36. The molecule has 0 amide bonds. The maximum absolute atomic E-state index is 9.98. The molecule has 0 aliphatic rings. The van der Waals surface area contributed by atoms with Gasteiger partial charge in [0, 0.05) is 16.9 Å². The Morgan fingerprint density at radius 2 is 0.789 bits per heavy atom. The lowest BCUT2D eigenvalue weighted by Crippen LogP contribution is -2.11. The first-order valence-corrected chi connectivity index (χ1v) is 18.7. The predicted octanol–water partition coefficient (Wildman–Crippen LogP) is 15.8. The second-order valence-corrected chi connectivity index (χ2v) is 13.6. The number of anilines is 3. The van der Waals surface area contributed by atoms with Gasteiger partial charge >= 0.3 is 0 Å². The zero-order chi connectivity index (χ0) is 47.5. The molecule has 0 saturated carbocycles. The van der Waals surface area contributed by atoms with E-state index >= 15 is 0 Å². The summed E-state index contributed by atoms with van der Waals surface area (Å²) < 4.78 is 108. The fraction of sp³-hybridized carbons (Fsp3) is 0. The van der Waals surface area contributed by atoms with Gasteiger partial charge in [-0.3, -0.25) is 0 Å². The highest BCUT2D eigenvalue weighted by atomic mass is 15.1. The van der Waals surface area contributed by atoms with Gasteiger partial charge in [-0.15, -0.1) is 0 Å². The van der Waals surface area contributed by atoms with Gasteiger partial charge in [0.15, 0.2) is 0 Å². The SMILES string of the molecule is [2H]c1c([2H])c(N(c2c([2H])c([2H])c(-c3cccc4ccccc34)c([2H])c2[2H])c2c([2H])c([2H])c(-c3c(-c4ccccc4)ccc4ccccc34)c([2H])c2[2H])c(-c2ccccc2)c([2H])c1-c1ccccc1. The van der Waals surface area contributed by atoms with Crippen LogP contribution in [0.15, 0.2) is 236 Å². The molecule has 0 saturated heterocycles. The average molecular weight is 737 g/mol. The van der Waals surface area contributed by atoms with Crippen molar-refractivity contribution in [1.82, 2.24) is 0 Å². The van der Waals surface area contributed by atoms with E-state index in [-0.39, 0.29) is 34.0 Å². The van der Waals surface area contributed by atoms with Crippen molar-refractivity contribution in [3.63, 3.8) is 0 Å².